The number of hydrogen-bond donors (Lipinski definition) is 1. The lowest BCUT2D eigenvalue weighted by Crippen LogP contribution is -1.85. The minimum atomic E-state index is 0.595. The van der Waals surface area contributed by atoms with Gasteiger partial charge in [-0.05, 0) is 38.0 Å². The van der Waals surface area contributed by atoms with E-state index >= 15 is 0 Å². The zero-order valence-corrected chi connectivity index (χ0v) is 8.39. The van der Waals surface area contributed by atoms with Crippen LogP contribution in [-0.4, -0.2) is 5.71 Å². The van der Waals surface area contributed by atoms with Gasteiger partial charge in [-0.15, -0.1) is 0 Å². The molecule has 0 bridgehead atoms. The topological polar surface area (TPSA) is 23.9 Å². The average Bonchev–Trinajstić information content (AvgIpc) is 2.04. The molecule has 1 aromatic rings. The van der Waals surface area contributed by atoms with Crippen LogP contribution in [0.1, 0.15) is 25.0 Å². The summed E-state index contributed by atoms with van der Waals surface area (Å²) in [5, 5.41) is 7.34. The van der Waals surface area contributed by atoms with Crippen LogP contribution < -0.4 is 0 Å². The van der Waals surface area contributed by atoms with Crippen molar-refractivity contribution < 1.29 is 0 Å². The third-order valence-corrected chi connectivity index (χ3v) is 1.94. The zero-order chi connectivity index (χ0) is 9.84. The summed E-state index contributed by atoms with van der Waals surface area (Å²) in [5.74, 6) is 0. The van der Waals surface area contributed by atoms with E-state index in [2.05, 4.69) is 31.2 Å². The molecule has 0 aromatic heterocycles. The first-order valence-corrected chi connectivity index (χ1v) is 4.40. The number of allylic oxidation sites excluding steroid dienone is 2. The largest absolute Gasteiger partial charge is 0.306 e. The van der Waals surface area contributed by atoms with Crippen LogP contribution >= 0.6 is 0 Å². The Morgan fingerprint density at radius 1 is 1.15 bits per heavy atom. The van der Waals surface area contributed by atoms with E-state index in [9.17, 15) is 0 Å². The molecule has 13 heavy (non-hydrogen) atoms. The lowest BCUT2D eigenvalue weighted by atomic mass is 10.0. The summed E-state index contributed by atoms with van der Waals surface area (Å²) in [4.78, 5) is 0. The maximum Gasteiger partial charge on any atom is 0.0285 e. The Balaban J connectivity index is 2.96. The summed E-state index contributed by atoms with van der Waals surface area (Å²) >= 11 is 0. The minimum absolute atomic E-state index is 0.595. The number of hydrogen-bond acceptors (Lipinski definition) is 1. The molecule has 1 nitrogen and oxygen atoms in total. The first-order valence-electron chi connectivity index (χ1n) is 4.40. The molecule has 1 heteroatoms. The van der Waals surface area contributed by atoms with Gasteiger partial charge in [0.2, 0.25) is 0 Å². The van der Waals surface area contributed by atoms with E-state index in [-0.39, 0.29) is 0 Å². The third kappa shape index (κ3) is 2.86. The lowest BCUT2D eigenvalue weighted by molar-refractivity contribution is 1.44. The Kier molecular flexibility index (Phi) is 3.02. The predicted octanol–water partition coefficient (Wildman–Crippen LogP) is 3.44. The Bertz CT molecular complexity index is 331. The van der Waals surface area contributed by atoms with Gasteiger partial charge in [-0.1, -0.05) is 29.8 Å². The Labute approximate surface area is 79.6 Å². The molecule has 1 N–H and O–H groups in total. The number of rotatable bonds is 2. The molecule has 0 spiro atoms. The second kappa shape index (κ2) is 4.04. The summed E-state index contributed by atoms with van der Waals surface area (Å²) in [6.07, 6.45) is 1.88. The van der Waals surface area contributed by atoms with Crippen molar-refractivity contribution in [2.45, 2.75) is 20.8 Å². The van der Waals surface area contributed by atoms with Gasteiger partial charge in [0.05, 0.1) is 0 Å². The van der Waals surface area contributed by atoms with Gasteiger partial charge in [0, 0.05) is 5.71 Å². The third-order valence-electron chi connectivity index (χ3n) is 1.94. The molecule has 0 aliphatic carbocycles. The Morgan fingerprint density at radius 2 is 1.69 bits per heavy atom. The van der Waals surface area contributed by atoms with Crippen molar-refractivity contribution in [1.29, 1.82) is 5.41 Å². The van der Waals surface area contributed by atoms with Crippen molar-refractivity contribution in [2.24, 2.45) is 0 Å². The van der Waals surface area contributed by atoms with E-state index < -0.39 is 0 Å². The van der Waals surface area contributed by atoms with Crippen LogP contribution in [0.3, 0.4) is 0 Å². The van der Waals surface area contributed by atoms with Crippen molar-refractivity contribution in [1.82, 2.24) is 0 Å². The molecular weight excluding hydrogens is 158 g/mol. The quantitative estimate of drug-likeness (QED) is 0.662. The second-order valence-electron chi connectivity index (χ2n) is 3.38. The lowest BCUT2D eigenvalue weighted by Gasteiger charge is -2.01. The summed E-state index contributed by atoms with van der Waals surface area (Å²) < 4.78 is 0. The predicted molar refractivity (Wildman–Crippen MR) is 58.2 cm³/mol. The van der Waals surface area contributed by atoms with Crippen LogP contribution in [-0.2, 0) is 0 Å². The highest BCUT2D eigenvalue weighted by atomic mass is 14.4. The molecule has 0 fully saturated rings. The van der Waals surface area contributed by atoms with Gasteiger partial charge in [0.25, 0.3) is 0 Å². The van der Waals surface area contributed by atoms with Gasteiger partial charge in [-0.25, -0.2) is 0 Å². The molecule has 0 radical (unpaired) electrons. The molecule has 0 saturated heterocycles. The van der Waals surface area contributed by atoms with Gasteiger partial charge >= 0.3 is 0 Å². The summed E-state index contributed by atoms with van der Waals surface area (Å²) in [5.41, 5.74) is 4.20. The van der Waals surface area contributed by atoms with E-state index in [1.54, 1.807) is 6.92 Å². The molecular formula is C12H15N. The summed E-state index contributed by atoms with van der Waals surface area (Å²) in [7, 11) is 0. The number of nitrogens with one attached hydrogen (secondary N) is 1. The molecule has 0 aliphatic heterocycles. The fourth-order valence-corrected chi connectivity index (χ4v) is 1.22. The fourth-order valence-electron chi connectivity index (χ4n) is 1.22. The SMILES string of the molecule is CC(=N)/C=C(\C)c1ccc(C)cc1. The van der Waals surface area contributed by atoms with E-state index in [1.807, 2.05) is 13.0 Å². The molecule has 68 valence electrons. The van der Waals surface area contributed by atoms with Crippen LogP contribution in [0.5, 0.6) is 0 Å². The standard InChI is InChI=1S/C12H15N/c1-9-4-6-12(7-5-9)10(2)8-11(3)13/h4-8,13H,1-3H3/b10-8+,13-11?. The molecule has 1 aromatic carbocycles. The van der Waals surface area contributed by atoms with E-state index in [0.717, 1.165) is 5.57 Å². The molecule has 0 aliphatic rings. The fraction of sp³-hybridized carbons (Fsp3) is 0.250. The highest BCUT2D eigenvalue weighted by molar-refractivity contribution is 5.96. The highest BCUT2D eigenvalue weighted by Crippen LogP contribution is 2.13. The van der Waals surface area contributed by atoms with Gasteiger partial charge in [0.1, 0.15) is 0 Å². The van der Waals surface area contributed by atoms with Gasteiger partial charge in [-0.3, -0.25) is 0 Å². The molecule has 0 amide bonds. The first kappa shape index (κ1) is 9.72. The molecule has 0 heterocycles. The van der Waals surface area contributed by atoms with Crippen molar-refractivity contribution >= 4 is 11.3 Å². The summed E-state index contributed by atoms with van der Waals surface area (Å²) in [6.45, 7) is 5.89. The number of benzene rings is 1. The van der Waals surface area contributed by atoms with Crippen molar-refractivity contribution in [3.63, 3.8) is 0 Å². The molecule has 0 saturated carbocycles. The van der Waals surface area contributed by atoms with Crippen LogP contribution in [0.25, 0.3) is 5.57 Å². The van der Waals surface area contributed by atoms with Gasteiger partial charge in [-0.2, -0.15) is 0 Å². The van der Waals surface area contributed by atoms with E-state index in [0.29, 0.717) is 5.71 Å². The van der Waals surface area contributed by atoms with E-state index in [1.165, 1.54) is 11.1 Å². The van der Waals surface area contributed by atoms with Gasteiger partial charge in [0.15, 0.2) is 0 Å². The van der Waals surface area contributed by atoms with Crippen LogP contribution in [0.4, 0.5) is 0 Å². The van der Waals surface area contributed by atoms with Crippen molar-refractivity contribution in [2.75, 3.05) is 0 Å². The Hall–Kier alpha value is -1.37. The Morgan fingerprint density at radius 3 is 2.15 bits per heavy atom. The van der Waals surface area contributed by atoms with Crippen LogP contribution in [0, 0.1) is 12.3 Å². The summed E-state index contributed by atoms with van der Waals surface area (Å²) in [6, 6.07) is 8.35. The minimum Gasteiger partial charge on any atom is -0.306 e. The first-order chi connectivity index (χ1) is 6.09. The van der Waals surface area contributed by atoms with E-state index in [4.69, 9.17) is 5.41 Å². The van der Waals surface area contributed by atoms with Crippen LogP contribution in [0.15, 0.2) is 30.3 Å². The molecule has 0 unspecified atom stereocenters. The number of aryl methyl sites for hydroxylation is 1. The molecule has 0 atom stereocenters. The smallest absolute Gasteiger partial charge is 0.0285 e. The van der Waals surface area contributed by atoms with Crippen molar-refractivity contribution in [3.05, 3.63) is 41.5 Å². The zero-order valence-electron chi connectivity index (χ0n) is 8.39. The average molecular weight is 173 g/mol. The van der Waals surface area contributed by atoms with Crippen LogP contribution in [0.2, 0.25) is 0 Å². The maximum atomic E-state index is 7.34. The monoisotopic (exact) mass is 173 g/mol. The van der Waals surface area contributed by atoms with Crippen molar-refractivity contribution in [3.8, 4) is 0 Å². The van der Waals surface area contributed by atoms with Gasteiger partial charge < -0.3 is 5.41 Å². The molecule has 1 rings (SSSR count). The highest BCUT2D eigenvalue weighted by Gasteiger charge is 1.94. The second-order valence-corrected chi connectivity index (χ2v) is 3.38. The maximum absolute atomic E-state index is 7.34. The normalized spacial score (nSPS) is 11.5.